The average molecular weight is 354 g/mol. The maximum absolute atomic E-state index is 13.7. The molecule has 1 heterocycles. The van der Waals surface area contributed by atoms with Crippen molar-refractivity contribution in [2.75, 3.05) is 6.54 Å². The minimum absolute atomic E-state index is 0.0679. The molecule has 0 saturated heterocycles. The van der Waals surface area contributed by atoms with Crippen molar-refractivity contribution in [1.29, 1.82) is 0 Å². The van der Waals surface area contributed by atoms with E-state index in [4.69, 9.17) is 0 Å². The summed E-state index contributed by atoms with van der Waals surface area (Å²) in [5, 5.41) is 7.96. The Balaban J connectivity index is 2.50. The number of aromatic nitrogens is 2. The van der Waals surface area contributed by atoms with Crippen molar-refractivity contribution >= 4 is 15.9 Å². The van der Waals surface area contributed by atoms with Gasteiger partial charge in [0.1, 0.15) is 5.82 Å². The highest BCUT2D eigenvalue weighted by molar-refractivity contribution is 9.10. The van der Waals surface area contributed by atoms with Gasteiger partial charge in [-0.05, 0) is 73.4 Å². The van der Waals surface area contributed by atoms with Crippen molar-refractivity contribution in [2.45, 2.75) is 40.2 Å². The quantitative estimate of drug-likeness (QED) is 0.860. The van der Waals surface area contributed by atoms with Crippen molar-refractivity contribution in [3.63, 3.8) is 0 Å². The Labute approximate surface area is 133 Å². The van der Waals surface area contributed by atoms with Gasteiger partial charge in [-0.2, -0.15) is 5.10 Å². The molecule has 21 heavy (non-hydrogen) atoms. The normalized spacial score (nSPS) is 12.7. The zero-order chi connectivity index (χ0) is 15.6. The van der Waals surface area contributed by atoms with E-state index in [2.05, 4.69) is 40.2 Å². The summed E-state index contributed by atoms with van der Waals surface area (Å²) in [5.41, 5.74) is 3.78. The Hall–Kier alpha value is -1.20. The molecule has 0 spiro atoms. The molecule has 0 fully saturated rings. The first-order valence-electron chi connectivity index (χ1n) is 7.20. The molecule has 0 bridgehead atoms. The largest absolute Gasteiger partial charge is 0.310 e. The van der Waals surface area contributed by atoms with Crippen LogP contribution in [0.3, 0.4) is 0 Å². The smallest absolute Gasteiger partial charge is 0.123 e. The number of rotatable bonds is 5. The molecule has 114 valence electrons. The van der Waals surface area contributed by atoms with E-state index in [0.29, 0.717) is 0 Å². The van der Waals surface area contributed by atoms with E-state index in [1.807, 2.05) is 18.5 Å². The Bertz CT molecular complexity index is 637. The lowest BCUT2D eigenvalue weighted by molar-refractivity contribution is 0.557. The minimum Gasteiger partial charge on any atom is -0.310 e. The van der Waals surface area contributed by atoms with Crippen molar-refractivity contribution in [3.8, 4) is 5.69 Å². The highest BCUT2D eigenvalue weighted by Gasteiger charge is 2.17. The van der Waals surface area contributed by atoms with Crippen molar-refractivity contribution in [1.82, 2.24) is 15.1 Å². The SMILES string of the molecule is CCCNC(C)c1cc(F)ccc1-n1nc(C)c(Br)c1C. The number of benzene rings is 1. The Morgan fingerprint density at radius 3 is 2.67 bits per heavy atom. The average Bonchev–Trinajstić information content (AvgIpc) is 2.72. The molecular weight excluding hydrogens is 333 g/mol. The van der Waals surface area contributed by atoms with Crippen LogP contribution in [0.25, 0.3) is 5.69 Å². The number of aryl methyl sites for hydroxylation is 1. The van der Waals surface area contributed by atoms with Crippen LogP contribution in [0, 0.1) is 19.7 Å². The maximum Gasteiger partial charge on any atom is 0.123 e. The van der Waals surface area contributed by atoms with E-state index in [1.54, 1.807) is 12.1 Å². The first kappa shape index (κ1) is 16.2. The summed E-state index contributed by atoms with van der Waals surface area (Å²) in [6.07, 6.45) is 1.04. The van der Waals surface area contributed by atoms with E-state index in [-0.39, 0.29) is 11.9 Å². The summed E-state index contributed by atoms with van der Waals surface area (Å²) in [6.45, 7) is 9.02. The van der Waals surface area contributed by atoms with Crippen molar-refractivity contribution < 1.29 is 4.39 Å². The second kappa shape index (κ2) is 6.71. The molecular formula is C16H21BrFN3. The second-order valence-electron chi connectivity index (χ2n) is 5.28. The number of halogens is 2. The highest BCUT2D eigenvalue weighted by Crippen LogP contribution is 2.28. The summed E-state index contributed by atoms with van der Waals surface area (Å²) in [6, 6.07) is 4.93. The highest BCUT2D eigenvalue weighted by atomic mass is 79.9. The minimum atomic E-state index is -0.223. The van der Waals surface area contributed by atoms with Gasteiger partial charge in [-0.25, -0.2) is 9.07 Å². The van der Waals surface area contributed by atoms with Crippen LogP contribution < -0.4 is 5.32 Å². The Kier molecular flexibility index (Phi) is 5.17. The van der Waals surface area contributed by atoms with Crippen LogP contribution in [0.2, 0.25) is 0 Å². The summed E-state index contributed by atoms with van der Waals surface area (Å²) in [4.78, 5) is 0. The third kappa shape index (κ3) is 3.35. The van der Waals surface area contributed by atoms with Gasteiger partial charge in [0.2, 0.25) is 0 Å². The van der Waals surface area contributed by atoms with Crippen LogP contribution >= 0.6 is 15.9 Å². The van der Waals surface area contributed by atoms with Gasteiger partial charge in [-0.3, -0.25) is 0 Å². The zero-order valence-corrected chi connectivity index (χ0v) is 14.5. The predicted octanol–water partition coefficient (Wildman–Crippen LogP) is 4.45. The summed E-state index contributed by atoms with van der Waals surface area (Å²) in [5.74, 6) is -0.223. The topological polar surface area (TPSA) is 29.9 Å². The molecule has 0 radical (unpaired) electrons. The first-order chi connectivity index (χ1) is 9.95. The second-order valence-corrected chi connectivity index (χ2v) is 6.07. The van der Waals surface area contributed by atoms with Gasteiger partial charge in [0.05, 0.1) is 21.5 Å². The van der Waals surface area contributed by atoms with Crippen LogP contribution in [-0.2, 0) is 0 Å². The van der Waals surface area contributed by atoms with Gasteiger partial charge in [-0.15, -0.1) is 0 Å². The van der Waals surface area contributed by atoms with Gasteiger partial charge < -0.3 is 5.32 Å². The van der Waals surface area contributed by atoms with Crippen LogP contribution in [0.1, 0.15) is 43.3 Å². The molecule has 1 aromatic heterocycles. The molecule has 0 aliphatic heterocycles. The predicted molar refractivity (Wildman–Crippen MR) is 87.4 cm³/mol. The summed E-state index contributed by atoms with van der Waals surface area (Å²) >= 11 is 3.54. The van der Waals surface area contributed by atoms with Crippen LogP contribution in [0.15, 0.2) is 22.7 Å². The van der Waals surface area contributed by atoms with Crippen LogP contribution in [-0.4, -0.2) is 16.3 Å². The summed E-state index contributed by atoms with van der Waals surface area (Å²) < 4.78 is 16.5. The van der Waals surface area contributed by atoms with Gasteiger partial charge in [-0.1, -0.05) is 6.92 Å². The standard InChI is InChI=1S/C16H21BrFN3/c1-5-8-19-10(2)14-9-13(18)6-7-15(14)21-12(4)16(17)11(3)20-21/h6-7,9-10,19H,5,8H2,1-4H3. The Morgan fingerprint density at radius 1 is 1.38 bits per heavy atom. The van der Waals surface area contributed by atoms with Crippen molar-refractivity contribution in [3.05, 3.63) is 45.4 Å². The van der Waals surface area contributed by atoms with Crippen molar-refractivity contribution in [2.24, 2.45) is 0 Å². The molecule has 1 aromatic carbocycles. The van der Waals surface area contributed by atoms with Crippen LogP contribution in [0.4, 0.5) is 4.39 Å². The first-order valence-corrected chi connectivity index (χ1v) is 8.00. The Morgan fingerprint density at radius 2 is 2.10 bits per heavy atom. The zero-order valence-electron chi connectivity index (χ0n) is 12.9. The molecule has 0 aliphatic rings. The monoisotopic (exact) mass is 353 g/mol. The lowest BCUT2D eigenvalue weighted by Gasteiger charge is -2.18. The summed E-state index contributed by atoms with van der Waals surface area (Å²) in [7, 11) is 0. The van der Waals surface area contributed by atoms with Gasteiger partial charge in [0, 0.05) is 6.04 Å². The molecule has 1 unspecified atom stereocenters. The van der Waals surface area contributed by atoms with E-state index in [0.717, 1.165) is 40.1 Å². The lowest BCUT2D eigenvalue weighted by Crippen LogP contribution is -2.21. The van der Waals surface area contributed by atoms with Gasteiger partial charge >= 0.3 is 0 Å². The molecule has 1 atom stereocenters. The van der Waals surface area contributed by atoms with E-state index >= 15 is 0 Å². The third-order valence-corrected chi connectivity index (χ3v) is 4.74. The molecule has 1 N–H and O–H groups in total. The van der Waals surface area contributed by atoms with E-state index < -0.39 is 0 Å². The molecule has 5 heteroatoms. The van der Waals surface area contributed by atoms with E-state index in [9.17, 15) is 4.39 Å². The number of nitrogens with zero attached hydrogens (tertiary/aromatic N) is 2. The van der Waals surface area contributed by atoms with Gasteiger partial charge in [0.25, 0.3) is 0 Å². The fourth-order valence-corrected chi connectivity index (χ4v) is 2.64. The van der Waals surface area contributed by atoms with Gasteiger partial charge in [0.15, 0.2) is 0 Å². The number of nitrogens with one attached hydrogen (secondary N) is 1. The molecule has 3 nitrogen and oxygen atoms in total. The maximum atomic E-state index is 13.7. The number of hydrogen-bond acceptors (Lipinski definition) is 2. The molecule has 0 amide bonds. The molecule has 2 aromatic rings. The molecule has 0 aliphatic carbocycles. The van der Waals surface area contributed by atoms with E-state index in [1.165, 1.54) is 6.07 Å². The fourth-order valence-electron chi connectivity index (χ4n) is 2.39. The fraction of sp³-hybridized carbons (Fsp3) is 0.438. The molecule has 2 rings (SSSR count). The third-order valence-electron chi connectivity index (χ3n) is 3.59. The lowest BCUT2D eigenvalue weighted by atomic mass is 10.1. The van der Waals surface area contributed by atoms with Crippen LogP contribution in [0.5, 0.6) is 0 Å². The number of hydrogen-bond donors (Lipinski definition) is 1. The molecule has 0 saturated carbocycles.